The number of nitrogens with one attached hydrogen (secondary N) is 1. The molecular formula is C10H14N4OS. The van der Waals surface area contributed by atoms with Crippen LogP contribution in [0.4, 0.5) is 6.01 Å². The van der Waals surface area contributed by atoms with E-state index in [-0.39, 0.29) is 0 Å². The van der Waals surface area contributed by atoms with Crippen LogP contribution < -0.4 is 5.32 Å². The zero-order valence-corrected chi connectivity index (χ0v) is 10.1. The third-order valence-electron chi connectivity index (χ3n) is 1.95. The van der Waals surface area contributed by atoms with E-state index in [0.29, 0.717) is 24.4 Å². The normalized spacial score (nSPS) is 10.9. The highest BCUT2D eigenvalue weighted by Crippen LogP contribution is 2.11. The van der Waals surface area contributed by atoms with Crippen LogP contribution in [0.2, 0.25) is 0 Å². The first-order chi connectivity index (χ1) is 7.74. The summed E-state index contributed by atoms with van der Waals surface area (Å²) in [7, 11) is 0. The van der Waals surface area contributed by atoms with Gasteiger partial charge in [-0.15, -0.1) is 16.4 Å². The van der Waals surface area contributed by atoms with Crippen molar-refractivity contribution in [2.75, 3.05) is 5.32 Å². The molecule has 0 unspecified atom stereocenters. The minimum Gasteiger partial charge on any atom is -0.408 e. The molecule has 0 amide bonds. The first kappa shape index (κ1) is 11.1. The summed E-state index contributed by atoms with van der Waals surface area (Å²) in [6, 6.07) is 0.462. The molecule has 0 saturated heterocycles. The molecule has 0 atom stereocenters. The summed E-state index contributed by atoms with van der Waals surface area (Å²) in [6.45, 7) is 4.85. The number of aromatic nitrogens is 3. The van der Waals surface area contributed by atoms with Crippen LogP contribution in [0.15, 0.2) is 15.3 Å². The van der Waals surface area contributed by atoms with E-state index >= 15 is 0 Å². The van der Waals surface area contributed by atoms with Crippen LogP contribution in [0, 0.1) is 5.92 Å². The number of hydrogen-bond donors (Lipinski definition) is 1. The van der Waals surface area contributed by atoms with Crippen LogP contribution in [-0.4, -0.2) is 15.2 Å². The Bertz CT molecular complexity index is 424. The van der Waals surface area contributed by atoms with E-state index in [1.807, 2.05) is 5.38 Å². The molecule has 2 rings (SSSR count). The Balaban J connectivity index is 1.88. The fraction of sp³-hybridized carbons (Fsp3) is 0.500. The van der Waals surface area contributed by atoms with Gasteiger partial charge in [0.2, 0.25) is 5.89 Å². The largest absolute Gasteiger partial charge is 0.408 e. The third kappa shape index (κ3) is 3.03. The molecule has 0 fully saturated rings. The van der Waals surface area contributed by atoms with Gasteiger partial charge in [0.15, 0.2) is 0 Å². The molecule has 2 aromatic heterocycles. The highest BCUT2D eigenvalue weighted by atomic mass is 32.1. The maximum atomic E-state index is 5.44. The molecule has 0 saturated carbocycles. The van der Waals surface area contributed by atoms with E-state index in [9.17, 15) is 0 Å². The second-order valence-corrected chi connectivity index (χ2v) is 4.65. The fourth-order valence-electron chi connectivity index (χ4n) is 1.25. The topological polar surface area (TPSA) is 63.8 Å². The summed E-state index contributed by atoms with van der Waals surface area (Å²) in [4.78, 5) is 4.15. The van der Waals surface area contributed by atoms with Gasteiger partial charge in [-0.05, 0) is 5.92 Å². The molecule has 5 nitrogen and oxygen atoms in total. The molecule has 86 valence electrons. The van der Waals surface area contributed by atoms with Crippen LogP contribution in [0.25, 0.3) is 0 Å². The maximum absolute atomic E-state index is 5.44. The maximum Gasteiger partial charge on any atom is 0.315 e. The lowest BCUT2D eigenvalue weighted by atomic mass is 10.1. The fourth-order valence-corrected chi connectivity index (χ4v) is 1.81. The van der Waals surface area contributed by atoms with Crippen molar-refractivity contribution in [3.05, 3.63) is 22.5 Å². The average molecular weight is 238 g/mol. The van der Waals surface area contributed by atoms with Crippen molar-refractivity contribution in [3.8, 4) is 0 Å². The molecule has 0 aliphatic heterocycles. The van der Waals surface area contributed by atoms with Gasteiger partial charge in [0, 0.05) is 11.8 Å². The quantitative estimate of drug-likeness (QED) is 0.866. The molecule has 2 heterocycles. The first-order valence-corrected chi connectivity index (χ1v) is 6.11. The van der Waals surface area contributed by atoms with Crippen LogP contribution in [0.5, 0.6) is 0 Å². The summed E-state index contributed by atoms with van der Waals surface area (Å²) in [5, 5.41) is 12.9. The van der Waals surface area contributed by atoms with E-state index in [0.717, 1.165) is 12.1 Å². The van der Waals surface area contributed by atoms with Crippen molar-refractivity contribution < 1.29 is 4.42 Å². The van der Waals surface area contributed by atoms with Crippen LogP contribution in [0.1, 0.15) is 25.4 Å². The van der Waals surface area contributed by atoms with Gasteiger partial charge in [-0.25, -0.2) is 4.98 Å². The molecule has 1 N–H and O–H groups in total. The van der Waals surface area contributed by atoms with E-state index in [1.165, 1.54) is 0 Å². The van der Waals surface area contributed by atoms with Gasteiger partial charge in [0.1, 0.15) is 0 Å². The molecule has 0 bridgehead atoms. The van der Waals surface area contributed by atoms with Crippen molar-refractivity contribution in [2.24, 2.45) is 5.92 Å². The molecule has 0 aliphatic carbocycles. The predicted octanol–water partition coefficient (Wildman–Crippen LogP) is 2.34. The lowest BCUT2D eigenvalue weighted by molar-refractivity contribution is 0.465. The zero-order chi connectivity index (χ0) is 11.4. The SMILES string of the molecule is CC(C)Cc1nnc(NCc2cscn2)o1. The van der Waals surface area contributed by atoms with Crippen molar-refractivity contribution in [1.29, 1.82) is 0 Å². The Hall–Kier alpha value is -1.43. The van der Waals surface area contributed by atoms with Gasteiger partial charge in [-0.2, -0.15) is 0 Å². The Morgan fingerprint density at radius 2 is 2.31 bits per heavy atom. The highest BCUT2D eigenvalue weighted by Gasteiger charge is 2.07. The highest BCUT2D eigenvalue weighted by molar-refractivity contribution is 7.07. The van der Waals surface area contributed by atoms with E-state index < -0.39 is 0 Å². The second kappa shape index (κ2) is 5.07. The first-order valence-electron chi connectivity index (χ1n) is 5.17. The average Bonchev–Trinajstić information content (AvgIpc) is 2.84. The van der Waals surface area contributed by atoms with Gasteiger partial charge in [0.05, 0.1) is 17.7 Å². The zero-order valence-electron chi connectivity index (χ0n) is 9.30. The van der Waals surface area contributed by atoms with Crippen molar-refractivity contribution >= 4 is 17.4 Å². The second-order valence-electron chi connectivity index (χ2n) is 3.93. The Kier molecular flexibility index (Phi) is 3.51. The van der Waals surface area contributed by atoms with Crippen LogP contribution in [-0.2, 0) is 13.0 Å². The monoisotopic (exact) mass is 238 g/mol. The Morgan fingerprint density at radius 1 is 1.44 bits per heavy atom. The third-order valence-corrected chi connectivity index (χ3v) is 2.59. The molecule has 0 spiro atoms. The molecular weight excluding hydrogens is 224 g/mol. The van der Waals surface area contributed by atoms with Gasteiger partial charge in [0.25, 0.3) is 0 Å². The van der Waals surface area contributed by atoms with E-state index in [1.54, 1.807) is 16.8 Å². The molecule has 16 heavy (non-hydrogen) atoms. The van der Waals surface area contributed by atoms with Crippen LogP contribution >= 0.6 is 11.3 Å². The smallest absolute Gasteiger partial charge is 0.315 e. The summed E-state index contributed by atoms with van der Waals surface area (Å²) in [5.74, 6) is 1.20. The Morgan fingerprint density at radius 3 is 3.00 bits per heavy atom. The standard InChI is InChI=1S/C10H14N4OS/c1-7(2)3-9-13-14-10(15-9)11-4-8-5-16-6-12-8/h5-7H,3-4H2,1-2H3,(H,11,14). The van der Waals surface area contributed by atoms with E-state index in [4.69, 9.17) is 4.42 Å². The van der Waals surface area contributed by atoms with Gasteiger partial charge in [-0.1, -0.05) is 18.9 Å². The summed E-state index contributed by atoms with van der Waals surface area (Å²) >= 11 is 1.57. The molecule has 0 aromatic carbocycles. The van der Waals surface area contributed by atoms with E-state index in [2.05, 4.69) is 34.3 Å². The van der Waals surface area contributed by atoms with Crippen molar-refractivity contribution in [2.45, 2.75) is 26.8 Å². The van der Waals surface area contributed by atoms with Crippen molar-refractivity contribution in [3.63, 3.8) is 0 Å². The number of anilines is 1. The van der Waals surface area contributed by atoms with Gasteiger partial charge in [-0.3, -0.25) is 0 Å². The lowest BCUT2D eigenvalue weighted by Gasteiger charge is -1.98. The van der Waals surface area contributed by atoms with Gasteiger partial charge < -0.3 is 9.73 Å². The van der Waals surface area contributed by atoms with Crippen LogP contribution in [0.3, 0.4) is 0 Å². The number of nitrogens with zero attached hydrogens (tertiary/aromatic N) is 3. The predicted molar refractivity (Wildman–Crippen MR) is 62.3 cm³/mol. The number of rotatable bonds is 5. The number of thiazole rings is 1. The minimum absolute atomic E-state index is 0.462. The van der Waals surface area contributed by atoms with Crippen molar-refractivity contribution in [1.82, 2.24) is 15.2 Å². The molecule has 2 aromatic rings. The molecule has 0 radical (unpaired) electrons. The molecule has 0 aliphatic rings. The lowest BCUT2D eigenvalue weighted by Crippen LogP contribution is -1.99. The number of hydrogen-bond acceptors (Lipinski definition) is 6. The Labute approximate surface area is 97.9 Å². The van der Waals surface area contributed by atoms with Gasteiger partial charge >= 0.3 is 6.01 Å². The summed E-state index contributed by atoms with van der Waals surface area (Å²) in [6.07, 6.45) is 0.811. The summed E-state index contributed by atoms with van der Waals surface area (Å²) < 4.78 is 5.44. The minimum atomic E-state index is 0.462. The molecule has 6 heteroatoms. The summed E-state index contributed by atoms with van der Waals surface area (Å²) in [5.41, 5.74) is 2.78.